The Kier molecular flexibility index (Phi) is 12.3. The largest absolute Gasteiger partial charge is 0.396 e. The molecule has 0 radical (unpaired) electrons. The molecule has 0 spiro atoms. The maximum Gasteiger partial charge on any atom is 0.225 e. The van der Waals surface area contributed by atoms with Crippen LogP contribution in [0.25, 0.3) is 0 Å². The topological polar surface area (TPSA) is 77.0 Å². The van der Waals surface area contributed by atoms with Gasteiger partial charge in [0.05, 0.1) is 38.6 Å². The van der Waals surface area contributed by atoms with Crippen LogP contribution < -0.4 is 5.32 Å². The third kappa shape index (κ3) is 15.3. The van der Waals surface area contributed by atoms with Crippen molar-refractivity contribution >= 4 is 5.91 Å². The molecule has 0 rings (SSSR count). The fourth-order valence-corrected chi connectivity index (χ4v) is 1.79. The maximum absolute atomic E-state index is 11.7. The van der Waals surface area contributed by atoms with E-state index in [9.17, 15) is 9.90 Å². The van der Waals surface area contributed by atoms with Crippen LogP contribution in [0.5, 0.6) is 0 Å². The zero-order chi connectivity index (χ0) is 19.3. The zero-order valence-corrected chi connectivity index (χ0v) is 17.0. The second-order valence-corrected chi connectivity index (χ2v) is 8.37. The highest BCUT2D eigenvalue weighted by Gasteiger charge is 2.20. The lowest BCUT2D eigenvalue weighted by atomic mass is 9.96. The Morgan fingerprint density at radius 3 is 2.16 bits per heavy atom. The second kappa shape index (κ2) is 12.6. The fraction of sp³-hybridized carbons (Fsp3) is 0.947. The van der Waals surface area contributed by atoms with E-state index in [2.05, 4.69) is 5.32 Å². The highest BCUT2D eigenvalue weighted by Crippen LogP contribution is 2.12. The second-order valence-electron chi connectivity index (χ2n) is 8.37. The number of carbonyl (C=O) groups is 1. The van der Waals surface area contributed by atoms with Gasteiger partial charge in [0.1, 0.15) is 0 Å². The smallest absolute Gasteiger partial charge is 0.225 e. The Hall–Kier alpha value is -0.690. The van der Waals surface area contributed by atoms with Crippen LogP contribution >= 0.6 is 0 Å². The van der Waals surface area contributed by atoms with Gasteiger partial charge in [-0.2, -0.15) is 0 Å². The molecule has 0 saturated carbocycles. The van der Waals surface area contributed by atoms with Crippen LogP contribution in [0.1, 0.15) is 54.4 Å². The Morgan fingerprint density at radius 2 is 1.60 bits per heavy atom. The third-order valence-corrected chi connectivity index (χ3v) is 3.42. The minimum atomic E-state index is -0.335. The molecule has 6 heteroatoms. The molecule has 0 heterocycles. The van der Waals surface area contributed by atoms with Gasteiger partial charge in [0.2, 0.25) is 5.91 Å². The fourth-order valence-electron chi connectivity index (χ4n) is 1.79. The summed E-state index contributed by atoms with van der Waals surface area (Å²) in [5.74, 6) is 0.0707. The number of nitrogens with one attached hydrogen (secondary N) is 1. The first-order valence-corrected chi connectivity index (χ1v) is 9.25. The Bertz CT molecular complexity index is 347. The summed E-state index contributed by atoms with van der Waals surface area (Å²) < 4.78 is 16.7. The molecule has 0 aromatic rings. The van der Waals surface area contributed by atoms with Crippen LogP contribution in [0, 0.1) is 11.3 Å². The van der Waals surface area contributed by atoms with E-state index in [-0.39, 0.29) is 29.4 Å². The summed E-state index contributed by atoms with van der Waals surface area (Å²) >= 11 is 0. The van der Waals surface area contributed by atoms with Crippen LogP contribution in [0.2, 0.25) is 0 Å². The number of aliphatic hydroxyl groups is 1. The highest BCUT2D eigenvalue weighted by molar-refractivity contribution is 5.81. The summed E-state index contributed by atoms with van der Waals surface area (Å²) in [6, 6.07) is 0. The quantitative estimate of drug-likeness (QED) is 0.493. The number of hydrogen-bond acceptors (Lipinski definition) is 5. The van der Waals surface area contributed by atoms with Crippen molar-refractivity contribution in [3.8, 4) is 0 Å². The molecule has 150 valence electrons. The first-order chi connectivity index (χ1) is 11.6. The van der Waals surface area contributed by atoms with Crippen molar-refractivity contribution in [3.05, 3.63) is 0 Å². The molecule has 0 bridgehead atoms. The van der Waals surface area contributed by atoms with Crippen LogP contribution in [-0.4, -0.2) is 62.8 Å². The minimum Gasteiger partial charge on any atom is -0.396 e. The number of hydrogen-bond donors (Lipinski definition) is 2. The summed E-state index contributed by atoms with van der Waals surface area (Å²) in [6.07, 6.45) is 1.81. The van der Waals surface area contributed by atoms with E-state index in [1.807, 2.05) is 41.5 Å². The summed E-state index contributed by atoms with van der Waals surface area (Å²) in [6.45, 7) is 15.1. The van der Waals surface area contributed by atoms with Gasteiger partial charge in [-0.3, -0.25) is 4.79 Å². The SMILES string of the molecule is CC(C)(C)OCC(CO)COCCOCCCCNC(=O)C(C)(C)C. The van der Waals surface area contributed by atoms with Gasteiger partial charge in [-0.25, -0.2) is 0 Å². The molecule has 25 heavy (non-hydrogen) atoms. The number of ether oxygens (including phenoxy) is 3. The van der Waals surface area contributed by atoms with Crippen LogP contribution in [-0.2, 0) is 19.0 Å². The maximum atomic E-state index is 11.7. The van der Waals surface area contributed by atoms with Gasteiger partial charge in [-0.1, -0.05) is 20.8 Å². The molecule has 0 aliphatic heterocycles. The first-order valence-electron chi connectivity index (χ1n) is 9.25. The zero-order valence-electron chi connectivity index (χ0n) is 17.0. The molecule has 0 fully saturated rings. The van der Waals surface area contributed by atoms with Gasteiger partial charge in [-0.15, -0.1) is 0 Å². The average Bonchev–Trinajstić information content (AvgIpc) is 2.49. The van der Waals surface area contributed by atoms with Crippen molar-refractivity contribution in [2.75, 3.05) is 46.2 Å². The molecule has 1 unspecified atom stereocenters. The molecule has 0 aromatic carbocycles. The van der Waals surface area contributed by atoms with E-state index in [0.29, 0.717) is 39.6 Å². The lowest BCUT2D eigenvalue weighted by Crippen LogP contribution is -2.35. The summed E-state index contributed by atoms with van der Waals surface area (Å²) in [4.78, 5) is 11.7. The number of unbranched alkanes of at least 4 members (excludes halogenated alkanes) is 1. The van der Waals surface area contributed by atoms with E-state index in [1.54, 1.807) is 0 Å². The third-order valence-electron chi connectivity index (χ3n) is 3.42. The first kappa shape index (κ1) is 24.3. The van der Waals surface area contributed by atoms with Crippen LogP contribution in [0.4, 0.5) is 0 Å². The lowest BCUT2D eigenvalue weighted by molar-refractivity contribution is -0.128. The number of rotatable bonds is 13. The Labute approximate surface area is 153 Å². The molecule has 1 amide bonds. The minimum absolute atomic E-state index is 0.00865. The number of aliphatic hydroxyl groups excluding tert-OH is 1. The highest BCUT2D eigenvalue weighted by atomic mass is 16.5. The number of amides is 1. The molecule has 0 aliphatic rings. The predicted molar refractivity (Wildman–Crippen MR) is 99.6 cm³/mol. The molecule has 0 aliphatic carbocycles. The van der Waals surface area contributed by atoms with E-state index in [1.165, 1.54) is 0 Å². The standard InChI is InChI=1S/C19H39NO5/c1-18(2,3)17(22)20-9-7-8-10-23-11-12-24-14-16(13-21)15-25-19(4,5)6/h16,21H,7-15H2,1-6H3,(H,20,22). The van der Waals surface area contributed by atoms with Gasteiger partial charge < -0.3 is 24.6 Å². The van der Waals surface area contributed by atoms with Crippen molar-refractivity contribution in [1.82, 2.24) is 5.32 Å². The van der Waals surface area contributed by atoms with E-state index in [0.717, 1.165) is 12.8 Å². The normalized spacial score (nSPS) is 13.7. The van der Waals surface area contributed by atoms with Gasteiger partial charge >= 0.3 is 0 Å². The van der Waals surface area contributed by atoms with Crippen molar-refractivity contribution in [2.24, 2.45) is 11.3 Å². The molecule has 2 N–H and O–H groups in total. The number of carbonyl (C=O) groups excluding carboxylic acids is 1. The lowest BCUT2D eigenvalue weighted by Gasteiger charge is -2.23. The van der Waals surface area contributed by atoms with Crippen molar-refractivity contribution in [1.29, 1.82) is 0 Å². The molecule has 0 aromatic heterocycles. The van der Waals surface area contributed by atoms with Crippen molar-refractivity contribution in [3.63, 3.8) is 0 Å². The van der Waals surface area contributed by atoms with E-state index >= 15 is 0 Å². The molecule has 1 atom stereocenters. The molecular formula is C19H39NO5. The van der Waals surface area contributed by atoms with Crippen molar-refractivity contribution in [2.45, 2.75) is 60.0 Å². The van der Waals surface area contributed by atoms with E-state index < -0.39 is 0 Å². The van der Waals surface area contributed by atoms with Gasteiger partial charge in [0.15, 0.2) is 0 Å². The van der Waals surface area contributed by atoms with Crippen LogP contribution in [0.15, 0.2) is 0 Å². The molecule has 0 saturated heterocycles. The van der Waals surface area contributed by atoms with Crippen molar-refractivity contribution < 1.29 is 24.1 Å². The monoisotopic (exact) mass is 361 g/mol. The summed E-state index contributed by atoms with van der Waals surface area (Å²) in [5, 5.41) is 12.2. The Balaban J connectivity index is 3.47. The van der Waals surface area contributed by atoms with Crippen LogP contribution in [0.3, 0.4) is 0 Å². The molecular weight excluding hydrogens is 322 g/mol. The van der Waals surface area contributed by atoms with Gasteiger partial charge in [0, 0.05) is 24.5 Å². The Morgan fingerprint density at radius 1 is 0.960 bits per heavy atom. The summed E-state index contributed by atoms with van der Waals surface area (Å²) in [7, 11) is 0. The molecule has 6 nitrogen and oxygen atoms in total. The van der Waals surface area contributed by atoms with Gasteiger partial charge in [-0.05, 0) is 33.6 Å². The summed E-state index contributed by atoms with van der Waals surface area (Å²) in [5.41, 5.74) is -0.541. The predicted octanol–water partition coefficient (Wildman–Crippen LogP) is 2.39. The average molecular weight is 362 g/mol. The van der Waals surface area contributed by atoms with E-state index in [4.69, 9.17) is 14.2 Å². The van der Waals surface area contributed by atoms with Gasteiger partial charge in [0.25, 0.3) is 0 Å².